The average Bonchev–Trinajstić information content (AvgIpc) is 2.69. The number of hydrogen-bond acceptors (Lipinski definition) is 4. The highest BCUT2D eigenvalue weighted by atomic mass is 16.5. The highest BCUT2D eigenvalue weighted by Crippen LogP contribution is 2.27. The molecule has 2 aromatic rings. The summed E-state index contributed by atoms with van der Waals surface area (Å²) in [4.78, 5) is 17.4. The van der Waals surface area contributed by atoms with Crippen LogP contribution in [0.5, 0.6) is 5.75 Å². The van der Waals surface area contributed by atoms with Gasteiger partial charge in [-0.1, -0.05) is 45.0 Å². The molecule has 2 aromatic carbocycles. The summed E-state index contributed by atoms with van der Waals surface area (Å²) in [5.41, 5.74) is 3.23. The van der Waals surface area contributed by atoms with Gasteiger partial charge in [-0.15, -0.1) is 0 Å². The average molecular weight is 396 g/mol. The summed E-state index contributed by atoms with van der Waals surface area (Å²) in [7, 11) is 2.14. The predicted molar refractivity (Wildman–Crippen MR) is 120 cm³/mol. The maximum Gasteiger partial charge on any atom is 0.265 e. The number of nitrogens with one attached hydrogen (secondary N) is 1. The molecule has 5 heteroatoms. The second-order valence-electron chi connectivity index (χ2n) is 8.83. The number of nitrogens with zero attached hydrogens (tertiary/aromatic N) is 2. The van der Waals surface area contributed by atoms with Crippen molar-refractivity contribution in [3.63, 3.8) is 0 Å². The van der Waals surface area contributed by atoms with Crippen LogP contribution in [0, 0.1) is 0 Å². The Balaban J connectivity index is 1.64. The summed E-state index contributed by atoms with van der Waals surface area (Å²) < 4.78 is 5.88. The first kappa shape index (κ1) is 21.2. The van der Waals surface area contributed by atoms with Crippen LogP contribution in [-0.2, 0) is 10.2 Å². The predicted octanol–water partition coefficient (Wildman–Crippen LogP) is 4.14. The number of hydrogen-bond donors (Lipinski definition) is 1. The lowest BCUT2D eigenvalue weighted by Crippen LogP contribution is -2.44. The van der Waals surface area contributed by atoms with Gasteiger partial charge in [0.1, 0.15) is 5.75 Å². The summed E-state index contributed by atoms with van der Waals surface area (Å²) in [5, 5.41) is 3.06. The molecule has 0 aliphatic carbocycles. The molecule has 5 nitrogen and oxygen atoms in total. The molecule has 0 aromatic heterocycles. The number of carbonyl (C=O) groups excluding carboxylic acids is 1. The van der Waals surface area contributed by atoms with Gasteiger partial charge in [-0.2, -0.15) is 0 Å². The van der Waals surface area contributed by atoms with Crippen LogP contribution in [0.2, 0.25) is 0 Å². The molecule has 0 radical (unpaired) electrons. The fraction of sp³-hybridized carbons (Fsp3) is 0.458. The standard InChI is InChI=1S/C24H33N3O2/c1-18(29-20-12-10-19(11-13-20)24(2,3)4)23(28)25-21-8-6-7-9-22(21)27-16-14-26(5)15-17-27/h6-13,18H,14-17H2,1-5H3,(H,25,28). The summed E-state index contributed by atoms with van der Waals surface area (Å²) in [6.45, 7) is 12.3. The van der Waals surface area contributed by atoms with Crippen molar-refractivity contribution in [1.82, 2.24) is 4.90 Å². The molecular weight excluding hydrogens is 362 g/mol. The molecule has 29 heavy (non-hydrogen) atoms. The van der Waals surface area contributed by atoms with E-state index in [1.807, 2.05) is 30.3 Å². The number of piperazine rings is 1. The summed E-state index contributed by atoms with van der Waals surface area (Å²) in [5.74, 6) is 0.555. The van der Waals surface area contributed by atoms with Crippen LogP contribution >= 0.6 is 0 Å². The number of benzene rings is 2. The smallest absolute Gasteiger partial charge is 0.265 e. The Morgan fingerprint density at radius 3 is 2.24 bits per heavy atom. The number of carbonyl (C=O) groups is 1. The van der Waals surface area contributed by atoms with E-state index in [-0.39, 0.29) is 11.3 Å². The minimum absolute atomic E-state index is 0.0918. The fourth-order valence-electron chi connectivity index (χ4n) is 3.43. The van der Waals surface area contributed by atoms with E-state index in [1.165, 1.54) is 5.56 Å². The van der Waals surface area contributed by atoms with Gasteiger partial charge in [-0.25, -0.2) is 0 Å². The van der Waals surface area contributed by atoms with Crippen LogP contribution < -0.4 is 15.0 Å². The third-order valence-electron chi connectivity index (χ3n) is 5.41. The van der Waals surface area contributed by atoms with E-state index >= 15 is 0 Å². The highest BCUT2D eigenvalue weighted by molar-refractivity contribution is 5.97. The summed E-state index contributed by atoms with van der Waals surface area (Å²) in [6.07, 6.45) is -0.587. The van der Waals surface area contributed by atoms with E-state index in [9.17, 15) is 4.79 Å². The van der Waals surface area contributed by atoms with E-state index in [0.29, 0.717) is 5.75 Å². The zero-order chi connectivity index (χ0) is 21.0. The van der Waals surface area contributed by atoms with Crippen LogP contribution in [0.15, 0.2) is 48.5 Å². The molecule has 0 saturated carbocycles. The molecule has 1 fully saturated rings. The first-order chi connectivity index (χ1) is 13.7. The van der Waals surface area contributed by atoms with Gasteiger partial charge in [0.2, 0.25) is 0 Å². The van der Waals surface area contributed by atoms with Crippen molar-refractivity contribution in [3.8, 4) is 5.75 Å². The highest BCUT2D eigenvalue weighted by Gasteiger charge is 2.21. The summed E-state index contributed by atoms with van der Waals surface area (Å²) in [6, 6.07) is 16.0. The largest absolute Gasteiger partial charge is 0.481 e. The van der Waals surface area contributed by atoms with Crippen molar-refractivity contribution in [2.75, 3.05) is 43.4 Å². The quantitative estimate of drug-likeness (QED) is 0.826. The molecule has 0 spiro atoms. The first-order valence-corrected chi connectivity index (χ1v) is 10.3. The Labute approximate surface area is 174 Å². The zero-order valence-corrected chi connectivity index (χ0v) is 18.2. The fourth-order valence-corrected chi connectivity index (χ4v) is 3.43. The van der Waals surface area contributed by atoms with Gasteiger partial charge in [-0.3, -0.25) is 4.79 Å². The molecule has 1 saturated heterocycles. The van der Waals surface area contributed by atoms with E-state index in [1.54, 1.807) is 6.92 Å². The second kappa shape index (κ2) is 8.87. The van der Waals surface area contributed by atoms with Crippen molar-refractivity contribution in [1.29, 1.82) is 0 Å². The zero-order valence-electron chi connectivity index (χ0n) is 18.2. The van der Waals surface area contributed by atoms with Gasteiger partial charge in [0.05, 0.1) is 11.4 Å². The topological polar surface area (TPSA) is 44.8 Å². The van der Waals surface area contributed by atoms with E-state index in [4.69, 9.17) is 4.74 Å². The van der Waals surface area contributed by atoms with Gasteiger partial charge < -0.3 is 19.9 Å². The maximum absolute atomic E-state index is 12.8. The van der Waals surface area contributed by atoms with E-state index in [2.05, 4.69) is 61.1 Å². The van der Waals surface area contributed by atoms with Crippen molar-refractivity contribution < 1.29 is 9.53 Å². The van der Waals surface area contributed by atoms with Crippen molar-refractivity contribution in [2.24, 2.45) is 0 Å². The number of para-hydroxylation sites is 2. The van der Waals surface area contributed by atoms with Gasteiger partial charge in [0, 0.05) is 26.2 Å². The van der Waals surface area contributed by atoms with Crippen molar-refractivity contribution in [3.05, 3.63) is 54.1 Å². The molecule has 3 rings (SSSR count). The third kappa shape index (κ3) is 5.51. The molecule has 156 valence electrons. The van der Waals surface area contributed by atoms with Crippen LogP contribution in [-0.4, -0.2) is 50.1 Å². The number of rotatable bonds is 5. The van der Waals surface area contributed by atoms with Crippen LogP contribution in [0.3, 0.4) is 0 Å². The Hall–Kier alpha value is -2.53. The first-order valence-electron chi connectivity index (χ1n) is 10.3. The molecule has 1 atom stereocenters. The number of anilines is 2. The van der Waals surface area contributed by atoms with Gasteiger partial charge in [0.25, 0.3) is 5.91 Å². The molecule has 1 unspecified atom stereocenters. The lowest BCUT2D eigenvalue weighted by Gasteiger charge is -2.35. The van der Waals surface area contributed by atoms with Crippen LogP contribution in [0.25, 0.3) is 0 Å². The normalized spacial score (nSPS) is 16.4. The molecule has 1 aliphatic heterocycles. The van der Waals surface area contributed by atoms with E-state index in [0.717, 1.165) is 37.6 Å². The Morgan fingerprint density at radius 1 is 1.00 bits per heavy atom. The SMILES string of the molecule is CC(Oc1ccc(C(C)(C)C)cc1)C(=O)Nc1ccccc1N1CCN(C)CC1. The summed E-state index contributed by atoms with van der Waals surface area (Å²) >= 11 is 0. The molecule has 0 bridgehead atoms. The molecular formula is C24H33N3O2. The number of ether oxygens (including phenoxy) is 1. The number of amides is 1. The Kier molecular flexibility index (Phi) is 6.48. The Morgan fingerprint density at radius 2 is 1.62 bits per heavy atom. The molecule has 1 N–H and O–H groups in total. The minimum Gasteiger partial charge on any atom is -0.481 e. The minimum atomic E-state index is -0.587. The molecule has 1 aliphatic rings. The lowest BCUT2D eigenvalue weighted by molar-refractivity contribution is -0.122. The second-order valence-corrected chi connectivity index (χ2v) is 8.83. The van der Waals surface area contributed by atoms with Gasteiger partial charge in [0.15, 0.2) is 6.10 Å². The molecule has 1 heterocycles. The number of likely N-dealkylation sites (N-methyl/N-ethyl adjacent to an activating group) is 1. The van der Waals surface area contributed by atoms with Crippen molar-refractivity contribution in [2.45, 2.75) is 39.2 Å². The van der Waals surface area contributed by atoms with E-state index < -0.39 is 6.10 Å². The Bertz CT molecular complexity index is 819. The maximum atomic E-state index is 12.8. The lowest BCUT2D eigenvalue weighted by atomic mass is 9.87. The molecule has 1 amide bonds. The van der Waals surface area contributed by atoms with Gasteiger partial charge in [-0.05, 0) is 49.2 Å². The van der Waals surface area contributed by atoms with Gasteiger partial charge >= 0.3 is 0 Å². The monoisotopic (exact) mass is 395 g/mol. The van der Waals surface area contributed by atoms with Crippen LogP contribution in [0.4, 0.5) is 11.4 Å². The third-order valence-corrected chi connectivity index (χ3v) is 5.41. The van der Waals surface area contributed by atoms with Crippen LogP contribution in [0.1, 0.15) is 33.3 Å². The van der Waals surface area contributed by atoms with Crippen molar-refractivity contribution >= 4 is 17.3 Å².